The van der Waals surface area contributed by atoms with Crippen LogP contribution in [0, 0.1) is 0 Å². The van der Waals surface area contributed by atoms with E-state index in [1.807, 2.05) is 0 Å². The number of allylic oxidation sites excluding steroid dienone is 2. The van der Waals surface area contributed by atoms with Gasteiger partial charge in [-0.05, 0) is 56.2 Å². The van der Waals surface area contributed by atoms with Crippen LogP contribution in [0.5, 0.6) is 0 Å². The Morgan fingerprint density at radius 1 is 0.964 bits per heavy atom. The Kier molecular flexibility index (Phi) is 15.0. The maximum atomic E-state index is 11.2. The molecule has 0 amide bonds. The maximum absolute atomic E-state index is 11.2. The van der Waals surface area contributed by atoms with Gasteiger partial charge in [-0.15, -0.1) is 0 Å². The lowest BCUT2D eigenvalue weighted by molar-refractivity contribution is -0.140. The number of hydrogen-bond donors (Lipinski definition) is 1. The average molecular weight is 388 g/mol. The minimum absolute atomic E-state index is 0.130. The highest BCUT2D eigenvalue weighted by Gasteiger charge is 2.01. The van der Waals surface area contributed by atoms with Crippen LogP contribution in [-0.2, 0) is 16.0 Å². The molecule has 0 saturated heterocycles. The highest BCUT2D eigenvalue weighted by molar-refractivity contribution is 5.69. The van der Waals surface area contributed by atoms with Gasteiger partial charge >= 0.3 is 5.97 Å². The van der Waals surface area contributed by atoms with E-state index in [0.717, 1.165) is 32.2 Å². The van der Waals surface area contributed by atoms with E-state index in [0.29, 0.717) is 6.42 Å². The number of esters is 1. The Bertz CT molecular complexity index is 539. The van der Waals surface area contributed by atoms with Gasteiger partial charge in [-0.2, -0.15) is 0 Å². The Labute approximate surface area is 173 Å². The third-order valence-corrected chi connectivity index (χ3v) is 5.02. The number of methoxy groups -OCH3 is 1. The zero-order chi connectivity index (χ0) is 20.3. The molecule has 0 radical (unpaired) electrons. The first kappa shape index (κ1) is 24.3. The summed E-state index contributed by atoms with van der Waals surface area (Å²) in [5.74, 6) is -0.130. The molecule has 0 aliphatic rings. The molecule has 1 rings (SSSR count). The topological polar surface area (TPSA) is 38.3 Å². The fraction of sp³-hybridized carbons (Fsp3) is 0.640. The number of carbonyl (C=O) groups is 1. The standard InChI is InChI=1S/C25H41NO2/c1-3-4-5-6-7-8-9-10-11-12-13-14-21-26-24-19-15-17-23(22-24)18-16-20-25(27)28-2/h11-12,15,17,19,22,26H,3-10,13-14,16,18,20-21H2,1-2H3. The lowest BCUT2D eigenvalue weighted by Crippen LogP contribution is -2.02. The maximum Gasteiger partial charge on any atom is 0.305 e. The first-order valence-electron chi connectivity index (χ1n) is 11.3. The van der Waals surface area contributed by atoms with Crippen molar-refractivity contribution in [3.63, 3.8) is 0 Å². The second-order valence-corrected chi connectivity index (χ2v) is 7.58. The van der Waals surface area contributed by atoms with Gasteiger partial charge in [-0.1, -0.05) is 69.7 Å². The Balaban J connectivity index is 2.03. The van der Waals surface area contributed by atoms with Gasteiger partial charge in [-0.25, -0.2) is 0 Å². The van der Waals surface area contributed by atoms with E-state index < -0.39 is 0 Å². The van der Waals surface area contributed by atoms with E-state index in [1.54, 1.807) is 0 Å². The van der Waals surface area contributed by atoms with E-state index in [9.17, 15) is 4.79 Å². The van der Waals surface area contributed by atoms with E-state index in [2.05, 4.69) is 53.4 Å². The molecule has 1 N–H and O–H groups in total. The molecule has 0 spiro atoms. The summed E-state index contributed by atoms with van der Waals surface area (Å²) in [5, 5.41) is 3.51. The van der Waals surface area contributed by atoms with E-state index >= 15 is 0 Å². The molecule has 0 aliphatic carbocycles. The SMILES string of the molecule is CCCCCCCCCC=CCCCNc1cccc(CCCC(=O)OC)c1. The van der Waals surface area contributed by atoms with Crippen LogP contribution >= 0.6 is 0 Å². The fourth-order valence-corrected chi connectivity index (χ4v) is 3.28. The Morgan fingerprint density at radius 2 is 1.68 bits per heavy atom. The van der Waals surface area contributed by atoms with Crippen LogP contribution < -0.4 is 5.32 Å². The Hall–Kier alpha value is -1.77. The molecule has 0 atom stereocenters. The van der Waals surface area contributed by atoms with Gasteiger partial charge in [0.1, 0.15) is 0 Å². The summed E-state index contributed by atoms with van der Waals surface area (Å²) < 4.78 is 4.69. The number of ether oxygens (including phenoxy) is 1. The van der Waals surface area contributed by atoms with Crippen molar-refractivity contribution in [3.8, 4) is 0 Å². The molecule has 158 valence electrons. The molecule has 0 aromatic heterocycles. The molecule has 0 aliphatic heterocycles. The smallest absolute Gasteiger partial charge is 0.305 e. The van der Waals surface area contributed by atoms with Gasteiger partial charge in [0.2, 0.25) is 0 Å². The van der Waals surface area contributed by atoms with Crippen molar-refractivity contribution >= 4 is 11.7 Å². The summed E-state index contributed by atoms with van der Waals surface area (Å²) in [6.45, 7) is 3.26. The second-order valence-electron chi connectivity index (χ2n) is 7.58. The molecule has 1 aromatic rings. The summed E-state index contributed by atoms with van der Waals surface area (Å²) in [4.78, 5) is 11.2. The van der Waals surface area contributed by atoms with E-state index in [1.165, 1.54) is 69.7 Å². The van der Waals surface area contributed by atoms with Gasteiger partial charge in [0.15, 0.2) is 0 Å². The average Bonchev–Trinajstić information content (AvgIpc) is 2.71. The third kappa shape index (κ3) is 13.4. The molecule has 1 aromatic carbocycles. The largest absolute Gasteiger partial charge is 0.469 e. The van der Waals surface area contributed by atoms with Gasteiger partial charge < -0.3 is 10.1 Å². The summed E-state index contributed by atoms with van der Waals surface area (Å²) >= 11 is 0. The van der Waals surface area contributed by atoms with Gasteiger partial charge in [0.05, 0.1) is 7.11 Å². The van der Waals surface area contributed by atoms with Crippen molar-refractivity contribution in [1.82, 2.24) is 0 Å². The van der Waals surface area contributed by atoms with Crippen LogP contribution in [0.15, 0.2) is 36.4 Å². The normalized spacial score (nSPS) is 11.1. The van der Waals surface area contributed by atoms with Crippen LogP contribution in [0.4, 0.5) is 5.69 Å². The molecule has 3 nitrogen and oxygen atoms in total. The van der Waals surface area contributed by atoms with Crippen molar-refractivity contribution < 1.29 is 9.53 Å². The van der Waals surface area contributed by atoms with Crippen molar-refractivity contribution in [1.29, 1.82) is 0 Å². The summed E-state index contributed by atoms with van der Waals surface area (Å²) in [6.07, 6.45) is 20.1. The minimum atomic E-state index is -0.130. The summed E-state index contributed by atoms with van der Waals surface area (Å²) in [6, 6.07) is 8.50. The zero-order valence-electron chi connectivity index (χ0n) is 18.2. The molecule has 3 heteroatoms. The number of rotatable bonds is 17. The molecule has 0 bridgehead atoms. The quantitative estimate of drug-likeness (QED) is 0.176. The number of aryl methyl sites for hydroxylation is 1. The van der Waals surface area contributed by atoms with Crippen LogP contribution in [-0.4, -0.2) is 19.6 Å². The highest BCUT2D eigenvalue weighted by Crippen LogP contribution is 2.14. The summed E-state index contributed by atoms with van der Waals surface area (Å²) in [7, 11) is 1.44. The number of anilines is 1. The van der Waals surface area contributed by atoms with Crippen molar-refractivity contribution in [2.45, 2.75) is 90.4 Å². The van der Waals surface area contributed by atoms with Crippen LogP contribution in [0.25, 0.3) is 0 Å². The van der Waals surface area contributed by atoms with Gasteiger partial charge in [0, 0.05) is 18.7 Å². The lowest BCUT2D eigenvalue weighted by atomic mass is 10.1. The Morgan fingerprint density at radius 3 is 2.43 bits per heavy atom. The third-order valence-electron chi connectivity index (χ3n) is 5.02. The van der Waals surface area contributed by atoms with Crippen LogP contribution in [0.3, 0.4) is 0 Å². The molecular formula is C25H41NO2. The predicted molar refractivity (Wildman–Crippen MR) is 121 cm³/mol. The van der Waals surface area contributed by atoms with Crippen molar-refractivity contribution in [2.75, 3.05) is 19.0 Å². The first-order valence-corrected chi connectivity index (χ1v) is 11.3. The zero-order valence-corrected chi connectivity index (χ0v) is 18.2. The number of nitrogens with one attached hydrogen (secondary N) is 1. The fourth-order valence-electron chi connectivity index (χ4n) is 3.28. The monoisotopic (exact) mass is 387 g/mol. The van der Waals surface area contributed by atoms with Crippen LogP contribution in [0.1, 0.15) is 89.5 Å². The number of carbonyl (C=O) groups excluding carboxylic acids is 1. The first-order chi connectivity index (χ1) is 13.8. The van der Waals surface area contributed by atoms with Crippen molar-refractivity contribution in [3.05, 3.63) is 42.0 Å². The number of benzene rings is 1. The van der Waals surface area contributed by atoms with Crippen LogP contribution in [0.2, 0.25) is 0 Å². The minimum Gasteiger partial charge on any atom is -0.469 e. The van der Waals surface area contributed by atoms with Gasteiger partial charge in [0.25, 0.3) is 0 Å². The molecule has 28 heavy (non-hydrogen) atoms. The number of unbranched alkanes of at least 4 members (excludes halogenated alkanes) is 8. The van der Waals surface area contributed by atoms with Gasteiger partial charge in [-0.3, -0.25) is 4.79 Å². The molecular weight excluding hydrogens is 346 g/mol. The predicted octanol–water partition coefficient (Wildman–Crippen LogP) is 7.07. The summed E-state index contributed by atoms with van der Waals surface area (Å²) in [5.41, 5.74) is 2.44. The van der Waals surface area contributed by atoms with Crippen molar-refractivity contribution in [2.24, 2.45) is 0 Å². The highest BCUT2D eigenvalue weighted by atomic mass is 16.5. The number of hydrogen-bond acceptors (Lipinski definition) is 3. The lowest BCUT2D eigenvalue weighted by Gasteiger charge is -2.08. The second kappa shape index (κ2) is 17.3. The molecule has 0 heterocycles. The van der Waals surface area contributed by atoms with E-state index in [-0.39, 0.29) is 5.97 Å². The molecule has 0 unspecified atom stereocenters. The molecule has 0 fully saturated rings. The van der Waals surface area contributed by atoms with E-state index in [4.69, 9.17) is 0 Å². The molecule has 0 saturated carbocycles.